The fraction of sp³-hybridized carbons (Fsp3) is 0.714. The zero-order chi connectivity index (χ0) is 12.1. The minimum atomic E-state index is 0.377. The van der Waals surface area contributed by atoms with Crippen LogP contribution in [0.3, 0.4) is 0 Å². The number of likely N-dealkylation sites (N-methyl/N-ethyl adjacent to an activating group) is 1. The Morgan fingerprint density at radius 2 is 2.18 bits per heavy atom. The lowest BCUT2D eigenvalue weighted by molar-refractivity contribution is 0.169. The zero-order valence-corrected chi connectivity index (χ0v) is 11.7. The first-order valence-electron chi connectivity index (χ1n) is 6.69. The van der Waals surface area contributed by atoms with E-state index in [4.69, 9.17) is 4.74 Å². The summed E-state index contributed by atoms with van der Waals surface area (Å²) in [5, 5.41) is 3.51. The SMILES string of the molecule is CCNC(COC)c1cc2c(s1)CCCCC2. The molecule has 1 aliphatic rings. The smallest absolute Gasteiger partial charge is 0.0665 e. The fourth-order valence-electron chi connectivity index (χ4n) is 2.52. The van der Waals surface area contributed by atoms with Crippen LogP contribution in [-0.2, 0) is 17.6 Å². The van der Waals surface area contributed by atoms with E-state index in [0.29, 0.717) is 6.04 Å². The van der Waals surface area contributed by atoms with E-state index in [9.17, 15) is 0 Å². The summed E-state index contributed by atoms with van der Waals surface area (Å²) in [4.78, 5) is 3.08. The van der Waals surface area contributed by atoms with Gasteiger partial charge in [0.25, 0.3) is 0 Å². The number of aryl methyl sites for hydroxylation is 2. The number of nitrogens with one attached hydrogen (secondary N) is 1. The van der Waals surface area contributed by atoms with Gasteiger partial charge in [-0.3, -0.25) is 0 Å². The second kappa shape index (κ2) is 6.53. The Bertz CT molecular complexity index is 318. The molecule has 17 heavy (non-hydrogen) atoms. The molecule has 3 heteroatoms. The third kappa shape index (κ3) is 3.30. The predicted octanol–water partition coefficient (Wildman–Crippen LogP) is 3.31. The van der Waals surface area contributed by atoms with E-state index in [1.54, 1.807) is 17.6 Å². The van der Waals surface area contributed by atoms with Crippen LogP contribution < -0.4 is 5.32 Å². The van der Waals surface area contributed by atoms with Crippen molar-refractivity contribution in [1.29, 1.82) is 0 Å². The van der Waals surface area contributed by atoms with Crippen LogP contribution >= 0.6 is 11.3 Å². The van der Waals surface area contributed by atoms with Gasteiger partial charge in [0.2, 0.25) is 0 Å². The average Bonchev–Trinajstić information content (AvgIpc) is 2.60. The Morgan fingerprint density at radius 1 is 1.35 bits per heavy atom. The normalized spacial score (nSPS) is 17.5. The van der Waals surface area contributed by atoms with Gasteiger partial charge < -0.3 is 10.1 Å². The van der Waals surface area contributed by atoms with Gasteiger partial charge in [-0.2, -0.15) is 0 Å². The zero-order valence-electron chi connectivity index (χ0n) is 10.9. The van der Waals surface area contributed by atoms with E-state index in [-0.39, 0.29) is 0 Å². The fourth-order valence-corrected chi connectivity index (χ4v) is 3.83. The third-order valence-corrected chi connectivity index (χ3v) is 4.74. The highest BCUT2D eigenvalue weighted by Gasteiger charge is 2.17. The van der Waals surface area contributed by atoms with Gasteiger partial charge in [-0.1, -0.05) is 13.3 Å². The van der Waals surface area contributed by atoms with Crippen LogP contribution in [0, 0.1) is 0 Å². The van der Waals surface area contributed by atoms with E-state index in [1.165, 1.54) is 37.0 Å². The standard InChI is InChI=1S/C14H23NOS/c1-3-15-12(10-16-2)14-9-11-7-5-4-6-8-13(11)17-14/h9,12,15H,3-8,10H2,1-2H3. The highest BCUT2D eigenvalue weighted by molar-refractivity contribution is 7.12. The molecule has 2 rings (SSSR count). The van der Waals surface area contributed by atoms with E-state index < -0.39 is 0 Å². The largest absolute Gasteiger partial charge is 0.383 e. The quantitative estimate of drug-likeness (QED) is 0.813. The summed E-state index contributed by atoms with van der Waals surface area (Å²) in [7, 11) is 1.78. The molecule has 1 heterocycles. The second-order valence-electron chi connectivity index (χ2n) is 4.72. The number of methoxy groups -OCH3 is 1. The van der Waals surface area contributed by atoms with Crippen molar-refractivity contribution in [2.24, 2.45) is 0 Å². The van der Waals surface area contributed by atoms with Crippen molar-refractivity contribution < 1.29 is 4.74 Å². The van der Waals surface area contributed by atoms with E-state index in [2.05, 4.69) is 18.3 Å². The summed E-state index contributed by atoms with van der Waals surface area (Å²) in [5.41, 5.74) is 1.60. The maximum Gasteiger partial charge on any atom is 0.0665 e. The summed E-state index contributed by atoms with van der Waals surface area (Å²) in [5.74, 6) is 0. The molecule has 1 aliphatic carbocycles. The molecule has 0 radical (unpaired) electrons. The van der Waals surface area contributed by atoms with Gasteiger partial charge >= 0.3 is 0 Å². The Hall–Kier alpha value is -0.380. The molecule has 0 saturated carbocycles. The summed E-state index contributed by atoms with van der Waals surface area (Å²) < 4.78 is 5.31. The highest BCUT2D eigenvalue weighted by atomic mass is 32.1. The number of rotatable bonds is 5. The average molecular weight is 253 g/mol. The lowest BCUT2D eigenvalue weighted by Crippen LogP contribution is -2.23. The molecule has 0 fully saturated rings. The van der Waals surface area contributed by atoms with Crippen LogP contribution in [0.4, 0.5) is 0 Å². The minimum absolute atomic E-state index is 0.377. The van der Waals surface area contributed by atoms with E-state index in [0.717, 1.165) is 13.2 Å². The molecule has 0 amide bonds. The Labute approximate surface area is 108 Å². The van der Waals surface area contributed by atoms with Gasteiger partial charge in [0.1, 0.15) is 0 Å². The van der Waals surface area contributed by atoms with Crippen LogP contribution in [0.25, 0.3) is 0 Å². The summed E-state index contributed by atoms with van der Waals surface area (Å²) in [6, 6.07) is 2.79. The molecular weight excluding hydrogens is 230 g/mol. The lowest BCUT2D eigenvalue weighted by Gasteiger charge is -2.15. The number of fused-ring (bicyclic) bond motifs is 1. The van der Waals surface area contributed by atoms with Gasteiger partial charge in [-0.25, -0.2) is 0 Å². The van der Waals surface area contributed by atoms with Gasteiger partial charge in [-0.05, 0) is 43.9 Å². The van der Waals surface area contributed by atoms with Crippen molar-refractivity contribution in [2.75, 3.05) is 20.3 Å². The molecule has 1 aromatic heterocycles. The molecule has 0 bridgehead atoms. The summed E-state index contributed by atoms with van der Waals surface area (Å²) in [6.45, 7) is 3.92. The molecule has 1 unspecified atom stereocenters. The van der Waals surface area contributed by atoms with Crippen LogP contribution in [0.5, 0.6) is 0 Å². The van der Waals surface area contributed by atoms with Crippen molar-refractivity contribution in [3.63, 3.8) is 0 Å². The molecule has 96 valence electrons. The first-order valence-corrected chi connectivity index (χ1v) is 7.50. The topological polar surface area (TPSA) is 21.3 Å². The molecule has 1 N–H and O–H groups in total. The Morgan fingerprint density at radius 3 is 2.94 bits per heavy atom. The Kier molecular flexibility index (Phi) is 5.01. The van der Waals surface area contributed by atoms with Gasteiger partial charge in [-0.15, -0.1) is 11.3 Å². The minimum Gasteiger partial charge on any atom is -0.383 e. The summed E-state index contributed by atoms with van der Waals surface area (Å²) >= 11 is 1.99. The monoisotopic (exact) mass is 253 g/mol. The van der Waals surface area contributed by atoms with Crippen LogP contribution in [0.2, 0.25) is 0 Å². The number of thiophene rings is 1. The maximum atomic E-state index is 5.31. The highest BCUT2D eigenvalue weighted by Crippen LogP contribution is 2.32. The molecular formula is C14H23NOS. The van der Waals surface area contributed by atoms with Gasteiger partial charge in [0.05, 0.1) is 12.6 Å². The van der Waals surface area contributed by atoms with Crippen LogP contribution in [-0.4, -0.2) is 20.3 Å². The van der Waals surface area contributed by atoms with Gasteiger partial charge in [0, 0.05) is 16.9 Å². The van der Waals surface area contributed by atoms with Crippen LogP contribution in [0.1, 0.15) is 47.5 Å². The van der Waals surface area contributed by atoms with Crippen molar-refractivity contribution in [1.82, 2.24) is 5.32 Å². The summed E-state index contributed by atoms with van der Waals surface area (Å²) in [6.07, 6.45) is 6.68. The molecule has 0 aromatic carbocycles. The number of ether oxygens (including phenoxy) is 1. The second-order valence-corrected chi connectivity index (χ2v) is 5.89. The number of hydrogen-bond donors (Lipinski definition) is 1. The third-order valence-electron chi connectivity index (χ3n) is 3.39. The van der Waals surface area contributed by atoms with E-state index >= 15 is 0 Å². The van der Waals surface area contributed by atoms with Crippen molar-refractivity contribution in [3.8, 4) is 0 Å². The molecule has 1 aromatic rings. The first kappa shape index (κ1) is 13.1. The molecule has 1 atom stereocenters. The molecule has 0 saturated heterocycles. The molecule has 2 nitrogen and oxygen atoms in total. The van der Waals surface area contributed by atoms with Crippen molar-refractivity contribution >= 4 is 11.3 Å². The van der Waals surface area contributed by atoms with Crippen LogP contribution in [0.15, 0.2) is 6.07 Å². The van der Waals surface area contributed by atoms with Gasteiger partial charge in [0.15, 0.2) is 0 Å². The van der Waals surface area contributed by atoms with E-state index in [1.807, 2.05) is 11.3 Å². The molecule has 0 aliphatic heterocycles. The number of hydrogen-bond acceptors (Lipinski definition) is 3. The molecule has 0 spiro atoms. The first-order chi connectivity index (χ1) is 8.35. The lowest BCUT2D eigenvalue weighted by atomic mass is 10.1. The van der Waals surface area contributed by atoms with Crippen molar-refractivity contribution in [2.45, 2.75) is 45.1 Å². The Balaban J connectivity index is 2.14. The maximum absolute atomic E-state index is 5.31. The predicted molar refractivity (Wildman–Crippen MR) is 73.9 cm³/mol. The van der Waals surface area contributed by atoms with Crippen molar-refractivity contribution in [3.05, 3.63) is 21.4 Å².